The van der Waals surface area contributed by atoms with Crippen LogP contribution in [0.2, 0.25) is 5.02 Å². The number of pyridine rings is 1. The summed E-state index contributed by atoms with van der Waals surface area (Å²) in [7, 11) is 0. The molecule has 0 saturated carbocycles. The van der Waals surface area contributed by atoms with Gasteiger partial charge in [0.2, 0.25) is 0 Å². The van der Waals surface area contributed by atoms with Crippen LogP contribution in [0, 0.1) is 0 Å². The molecule has 0 aliphatic heterocycles. The van der Waals surface area contributed by atoms with E-state index < -0.39 is 0 Å². The molecule has 1 N–H and O–H groups in total. The minimum Gasteiger partial charge on any atom is -0.305 e. The van der Waals surface area contributed by atoms with Crippen LogP contribution in [0.25, 0.3) is 11.5 Å². The zero-order chi connectivity index (χ0) is 11.5. The number of halogens is 1. The number of rotatable bonds is 2. The zero-order valence-electron chi connectivity index (χ0n) is 8.70. The third-order valence-electron chi connectivity index (χ3n) is 2.13. The molecule has 0 bridgehead atoms. The summed E-state index contributed by atoms with van der Waals surface area (Å²) in [5, 5.41) is 0.553. The fraction of sp³-hybridized carbons (Fsp3) is 0.182. The molecule has 0 aliphatic rings. The minimum absolute atomic E-state index is 0.168. The van der Waals surface area contributed by atoms with Crippen molar-refractivity contribution in [3.05, 3.63) is 45.5 Å². The number of aryl methyl sites for hydroxylation is 1. The van der Waals surface area contributed by atoms with Gasteiger partial charge in [0.15, 0.2) is 5.82 Å². The Bertz CT molecular complexity index is 548. The van der Waals surface area contributed by atoms with Crippen LogP contribution in [0.3, 0.4) is 0 Å². The first kappa shape index (κ1) is 10.8. The normalized spacial score (nSPS) is 10.4. The van der Waals surface area contributed by atoms with E-state index in [2.05, 4.69) is 15.0 Å². The van der Waals surface area contributed by atoms with E-state index in [1.54, 1.807) is 12.1 Å². The smallest absolute Gasteiger partial charge is 0.251 e. The van der Waals surface area contributed by atoms with E-state index >= 15 is 0 Å². The molecular formula is C11H10ClN3O. The monoisotopic (exact) mass is 235 g/mol. The van der Waals surface area contributed by atoms with Crippen molar-refractivity contribution in [3.8, 4) is 11.5 Å². The van der Waals surface area contributed by atoms with Crippen molar-refractivity contribution in [3.63, 3.8) is 0 Å². The number of aromatic amines is 1. The van der Waals surface area contributed by atoms with Crippen molar-refractivity contribution in [2.75, 3.05) is 0 Å². The van der Waals surface area contributed by atoms with Crippen molar-refractivity contribution in [1.29, 1.82) is 0 Å². The highest BCUT2D eigenvalue weighted by Gasteiger charge is 2.04. The first-order valence-electron chi connectivity index (χ1n) is 4.91. The fourth-order valence-electron chi connectivity index (χ4n) is 1.33. The molecule has 4 nitrogen and oxygen atoms in total. The second-order valence-electron chi connectivity index (χ2n) is 3.30. The zero-order valence-corrected chi connectivity index (χ0v) is 9.45. The second kappa shape index (κ2) is 4.45. The summed E-state index contributed by atoms with van der Waals surface area (Å²) < 4.78 is 0. The lowest BCUT2D eigenvalue weighted by Gasteiger charge is -2.01. The lowest BCUT2D eigenvalue weighted by molar-refractivity contribution is 0.980. The van der Waals surface area contributed by atoms with Crippen molar-refractivity contribution in [2.24, 2.45) is 0 Å². The summed E-state index contributed by atoms with van der Waals surface area (Å²) >= 11 is 5.73. The Kier molecular flexibility index (Phi) is 3.01. The first-order valence-corrected chi connectivity index (χ1v) is 5.29. The van der Waals surface area contributed by atoms with Gasteiger partial charge >= 0.3 is 0 Å². The van der Waals surface area contributed by atoms with Gasteiger partial charge in [-0.1, -0.05) is 18.5 Å². The molecule has 0 amide bonds. The maximum atomic E-state index is 11.4. The number of aromatic nitrogens is 3. The number of nitrogens with one attached hydrogen (secondary N) is 1. The molecule has 0 atom stereocenters. The summed E-state index contributed by atoms with van der Waals surface area (Å²) in [5.74, 6) is 0.473. The lowest BCUT2D eigenvalue weighted by atomic mass is 10.3. The lowest BCUT2D eigenvalue weighted by Crippen LogP contribution is -2.10. The van der Waals surface area contributed by atoms with Crippen LogP contribution in [0.15, 0.2) is 29.2 Å². The van der Waals surface area contributed by atoms with E-state index in [1.165, 1.54) is 12.3 Å². The van der Waals surface area contributed by atoms with Crippen LogP contribution in [0.4, 0.5) is 0 Å². The Labute approximate surface area is 97.3 Å². The van der Waals surface area contributed by atoms with Crippen LogP contribution in [-0.4, -0.2) is 15.0 Å². The van der Waals surface area contributed by atoms with Crippen molar-refractivity contribution in [1.82, 2.24) is 15.0 Å². The number of H-pyrrole nitrogens is 1. The summed E-state index contributed by atoms with van der Waals surface area (Å²) in [6, 6.07) is 4.92. The Morgan fingerprint density at radius 2 is 2.25 bits per heavy atom. The molecule has 0 radical (unpaired) electrons. The van der Waals surface area contributed by atoms with Gasteiger partial charge in [0.1, 0.15) is 5.69 Å². The predicted octanol–water partition coefficient (Wildman–Crippen LogP) is 2.05. The van der Waals surface area contributed by atoms with Gasteiger partial charge in [-0.3, -0.25) is 9.78 Å². The third-order valence-corrected chi connectivity index (χ3v) is 2.35. The van der Waals surface area contributed by atoms with Gasteiger partial charge < -0.3 is 4.98 Å². The molecule has 0 fully saturated rings. The maximum Gasteiger partial charge on any atom is 0.251 e. The Morgan fingerprint density at radius 1 is 1.44 bits per heavy atom. The molecule has 16 heavy (non-hydrogen) atoms. The minimum atomic E-state index is -0.168. The highest BCUT2D eigenvalue weighted by molar-refractivity contribution is 6.30. The molecule has 0 aliphatic carbocycles. The highest BCUT2D eigenvalue weighted by Crippen LogP contribution is 2.13. The average molecular weight is 236 g/mol. The van der Waals surface area contributed by atoms with Gasteiger partial charge in [-0.2, -0.15) is 0 Å². The standard InChI is InChI=1S/C11H10ClN3O/c1-2-8-5-10(16)15-11(14-8)9-4-3-7(12)6-13-9/h3-6H,2H2,1H3,(H,14,15,16). The number of hydrogen-bond acceptors (Lipinski definition) is 3. The molecule has 0 unspecified atom stereocenters. The van der Waals surface area contributed by atoms with E-state index in [0.717, 1.165) is 5.69 Å². The molecule has 2 rings (SSSR count). The molecule has 2 heterocycles. The van der Waals surface area contributed by atoms with Crippen LogP contribution >= 0.6 is 11.6 Å². The quantitative estimate of drug-likeness (QED) is 0.867. The third kappa shape index (κ3) is 2.28. The second-order valence-corrected chi connectivity index (χ2v) is 3.74. The van der Waals surface area contributed by atoms with Gasteiger partial charge in [0.05, 0.1) is 5.02 Å². The molecule has 0 spiro atoms. The summed E-state index contributed by atoms with van der Waals surface area (Å²) in [5.41, 5.74) is 1.19. The van der Waals surface area contributed by atoms with Gasteiger partial charge in [-0.25, -0.2) is 4.98 Å². The van der Waals surface area contributed by atoms with Crippen LogP contribution < -0.4 is 5.56 Å². The average Bonchev–Trinajstić information content (AvgIpc) is 2.29. The Balaban J connectivity index is 2.51. The van der Waals surface area contributed by atoms with E-state index in [0.29, 0.717) is 23.0 Å². The van der Waals surface area contributed by atoms with E-state index in [9.17, 15) is 4.79 Å². The number of nitrogens with zero attached hydrogens (tertiary/aromatic N) is 2. The summed E-state index contributed by atoms with van der Waals surface area (Å²) in [6.07, 6.45) is 2.24. The maximum absolute atomic E-state index is 11.4. The summed E-state index contributed by atoms with van der Waals surface area (Å²) in [6.45, 7) is 1.95. The van der Waals surface area contributed by atoms with Crippen LogP contribution in [0.5, 0.6) is 0 Å². The van der Waals surface area contributed by atoms with E-state index in [4.69, 9.17) is 11.6 Å². The molecule has 2 aromatic heterocycles. The topological polar surface area (TPSA) is 58.6 Å². The first-order chi connectivity index (χ1) is 7.69. The van der Waals surface area contributed by atoms with Crippen LogP contribution in [0.1, 0.15) is 12.6 Å². The molecule has 0 saturated heterocycles. The Morgan fingerprint density at radius 3 is 2.88 bits per heavy atom. The SMILES string of the molecule is CCc1cc(=O)[nH]c(-c2ccc(Cl)cn2)n1. The van der Waals surface area contributed by atoms with Crippen LogP contribution in [-0.2, 0) is 6.42 Å². The number of hydrogen-bond donors (Lipinski definition) is 1. The van der Waals surface area contributed by atoms with Gasteiger partial charge in [0, 0.05) is 18.0 Å². The van der Waals surface area contributed by atoms with Gasteiger partial charge in [0.25, 0.3) is 5.56 Å². The molecule has 2 aromatic rings. The summed E-state index contributed by atoms with van der Waals surface area (Å²) in [4.78, 5) is 22.4. The molecule has 82 valence electrons. The van der Waals surface area contributed by atoms with Crippen molar-refractivity contribution >= 4 is 11.6 Å². The highest BCUT2D eigenvalue weighted by atomic mass is 35.5. The van der Waals surface area contributed by atoms with Crippen molar-refractivity contribution in [2.45, 2.75) is 13.3 Å². The Hall–Kier alpha value is -1.68. The largest absolute Gasteiger partial charge is 0.305 e. The predicted molar refractivity (Wildman–Crippen MR) is 62.5 cm³/mol. The van der Waals surface area contributed by atoms with Gasteiger partial charge in [-0.15, -0.1) is 0 Å². The van der Waals surface area contributed by atoms with Crippen molar-refractivity contribution < 1.29 is 0 Å². The molecule has 5 heteroatoms. The fourth-order valence-corrected chi connectivity index (χ4v) is 1.44. The molecule has 0 aromatic carbocycles. The van der Waals surface area contributed by atoms with E-state index in [-0.39, 0.29) is 5.56 Å². The van der Waals surface area contributed by atoms with E-state index in [1.807, 2.05) is 6.92 Å². The van der Waals surface area contributed by atoms with Gasteiger partial charge in [-0.05, 0) is 18.6 Å². The molecular weight excluding hydrogens is 226 g/mol.